The van der Waals surface area contributed by atoms with Crippen LogP contribution < -0.4 is 11.1 Å². The summed E-state index contributed by atoms with van der Waals surface area (Å²) in [7, 11) is 0. The molecule has 14 heavy (non-hydrogen) atoms. The predicted molar refractivity (Wildman–Crippen MR) is 59.4 cm³/mol. The standard InChI is InChI=1S/C10H17N3S/c1-7-5-14-9(13-7)8(2)12-6-10(11)3-4-10/h5,8,12H,3-4,6,11H2,1-2H3. The van der Waals surface area contributed by atoms with E-state index in [0.29, 0.717) is 6.04 Å². The van der Waals surface area contributed by atoms with E-state index < -0.39 is 0 Å². The van der Waals surface area contributed by atoms with E-state index in [1.54, 1.807) is 11.3 Å². The van der Waals surface area contributed by atoms with Gasteiger partial charge in [0, 0.05) is 23.2 Å². The van der Waals surface area contributed by atoms with Crippen molar-refractivity contribution in [3.05, 3.63) is 16.1 Å². The fourth-order valence-corrected chi connectivity index (χ4v) is 2.18. The third kappa shape index (κ3) is 2.32. The molecule has 2 rings (SSSR count). The van der Waals surface area contributed by atoms with E-state index in [2.05, 4.69) is 22.6 Å². The minimum atomic E-state index is 0.0839. The number of aryl methyl sites for hydroxylation is 1. The predicted octanol–water partition coefficient (Wildman–Crippen LogP) is 1.59. The summed E-state index contributed by atoms with van der Waals surface area (Å²) in [5, 5.41) is 6.68. The minimum Gasteiger partial charge on any atom is -0.324 e. The van der Waals surface area contributed by atoms with Crippen LogP contribution >= 0.6 is 11.3 Å². The summed E-state index contributed by atoms with van der Waals surface area (Å²) in [4.78, 5) is 4.45. The zero-order valence-corrected chi connectivity index (χ0v) is 9.53. The van der Waals surface area contributed by atoms with Crippen molar-refractivity contribution < 1.29 is 0 Å². The van der Waals surface area contributed by atoms with Crippen LogP contribution in [-0.2, 0) is 0 Å². The van der Waals surface area contributed by atoms with Crippen molar-refractivity contribution in [1.82, 2.24) is 10.3 Å². The van der Waals surface area contributed by atoms with Gasteiger partial charge in [-0.2, -0.15) is 0 Å². The van der Waals surface area contributed by atoms with Crippen LogP contribution in [0.5, 0.6) is 0 Å². The van der Waals surface area contributed by atoms with Crippen LogP contribution in [0.1, 0.15) is 36.5 Å². The van der Waals surface area contributed by atoms with Crippen LogP contribution in [0.4, 0.5) is 0 Å². The highest BCUT2D eigenvalue weighted by atomic mass is 32.1. The molecule has 1 aromatic heterocycles. The van der Waals surface area contributed by atoms with Crippen molar-refractivity contribution in [3.63, 3.8) is 0 Å². The maximum atomic E-state index is 6.00. The van der Waals surface area contributed by atoms with Crippen LogP contribution in [0.3, 0.4) is 0 Å². The second-order valence-electron chi connectivity index (χ2n) is 4.29. The molecule has 4 heteroatoms. The van der Waals surface area contributed by atoms with Crippen molar-refractivity contribution in [2.45, 2.75) is 38.3 Å². The summed E-state index contributed by atoms with van der Waals surface area (Å²) < 4.78 is 0. The van der Waals surface area contributed by atoms with Gasteiger partial charge in [0.25, 0.3) is 0 Å². The molecule has 0 aromatic carbocycles. The van der Waals surface area contributed by atoms with Crippen LogP contribution in [0, 0.1) is 6.92 Å². The molecule has 1 aliphatic carbocycles. The smallest absolute Gasteiger partial charge is 0.110 e. The Bertz CT molecular complexity index is 317. The van der Waals surface area contributed by atoms with E-state index in [4.69, 9.17) is 5.73 Å². The van der Waals surface area contributed by atoms with Gasteiger partial charge < -0.3 is 11.1 Å². The summed E-state index contributed by atoms with van der Waals surface area (Å²) >= 11 is 1.71. The Morgan fingerprint density at radius 2 is 2.43 bits per heavy atom. The van der Waals surface area contributed by atoms with Crippen LogP contribution in [0.2, 0.25) is 0 Å². The Labute approximate surface area is 88.7 Å². The number of nitrogens with zero attached hydrogens (tertiary/aromatic N) is 1. The lowest BCUT2D eigenvalue weighted by atomic mass is 10.2. The molecule has 1 heterocycles. The molecule has 0 bridgehead atoms. The van der Waals surface area contributed by atoms with Crippen molar-refractivity contribution in [1.29, 1.82) is 0 Å². The molecule has 78 valence electrons. The molecule has 1 aliphatic rings. The topological polar surface area (TPSA) is 50.9 Å². The Balaban J connectivity index is 1.86. The van der Waals surface area contributed by atoms with Crippen molar-refractivity contribution >= 4 is 11.3 Å². The zero-order chi connectivity index (χ0) is 10.2. The molecule has 0 saturated heterocycles. The summed E-state index contributed by atoms with van der Waals surface area (Å²) in [6, 6.07) is 0.328. The Hall–Kier alpha value is -0.450. The molecule has 0 radical (unpaired) electrons. The second-order valence-corrected chi connectivity index (χ2v) is 5.18. The summed E-state index contributed by atoms with van der Waals surface area (Å²) in [6.45, 7) is 5.08. The van der Waals surface area contributed by atoms with Crippen LogP contribution in [0.15, 0.2) is 5.38 Å². The summed E-state index contributed by atoms with van der Waals surface area (Å²) in [5.41, 5.74) is 7.19. The number of nitrogens with two attached hydrogens (primary N) is 1. The summed E-state index contributed by atoms with van der Waals surface area (Å²) in [6.07, 6.45) is 2.31. The third-order valence-corrected chi connectivity index (χ3v) is 3.81. The lowest BCUT2D eigenvalue weighted by Gasteiger charge is -2.14. The Morgan fingerprint density at radius 1 is 1.71 bits per heavy atom. The molecule has 1 aromatic rings. The monoisotopic (exact) mass is 211 g/mol. The van der Waals surface area contributed by atoms with Gasteiger partial charge in [-0.05, 0) is 26.7 Å². The first-order valence-corrected chi connectivity index (χ1v) is 5.91. The molecule has 1 fully saturated rings. The number of rotatable bonds is 4. The van der Waals surface area contributed by atoms with E-state index in [0.717, 1.165) is 30.1 Å². The van der Waals surface area contributed by atoms with Gasteiger partial charge in [-0.1, -0.05) is 0 Å². The van der Waals surface area contributed by atoms with Gasteiger partial charge in [0.1, 0.15) is 5.01 Å². The molecular weight excluding hydrogens is 194 g/mol. The number of nitrogens with one attached hydrogen (secondary N) is 1. The molecule has 1 unspecified atom stereocenters. The van der Waals surface area contributed by atoms with E-state index >= 15 is 0 Å². The first-order chi connectivity index (χ1) is 6.59. The second kappa shape index (κ2) is 3.61. The number of hydrogen-bond acceptors (Lipinski definition) is 4. The summed E-state index contributed by atoms with van der Waals surface area (Å²) in [5.74, 6) is 0. The normalized spacial score (nSPS) is 20.8. The van der Waals surface area contributed by atoms with Gasteiger partial charge >= 0.3 is 0 Å². The maximum Gasteiger partial charge on any atom is 0.110 e. The number of hydrogen-bond donors (Lipinski definition) is 2. The van der Waals surface area contributed by atoms with E-state index in [9.17, 15) is 0 Å². The molecule has 0 aliphatic heterocycles. The third-order valence-electron chi connectivity index (χ3n) is 2.66. The average Bonchev–Trinajstić information content (AvgIpc) is 2.71. The van der Waals surface area contributed by atoms with Crippen LogP contribution in [-0.4, -0.2) is 17.1 Å². The van der Waals surface area contributed by atoms with E-state index in [-0.39, 0.29) is 5.54 Å². The van der Waals surface area contributed by atoms with E-state index in [1.807, 2.05) is 6.92 Å². The molecular formula is C10H17N3S. The molecule has 0 spiro atoms. The van der Waals surface area contributed by atoms with Crippen molar-refractivity contribution in [3.8, 4) is 0 Å². The Kier molecular flexibility index (Phi) is 2.60. The largest absolute Gasteiger partial charge is 0.324 e. The van der Waals surface area contributed by atoms with Gasteiger partial charge in [0.15, 0.2) is 0 Å². The number of aromatic nitrogens is 1. The molecule has 1 saturated carbocycles. The highest BCUT2D eigenvalue weighted by molar-refractivity contribution is 7.09. The lowest BCUT2D eigenvalue weighted by molar-refractivity contribution is 0.506. The average molecular weight is 211 g/mol. The molecule has 0 amide bonds. The lowest BCUT2D eigenvalue weighted by Crippen LogP contribution is -2.37. The maximum absolute atomic E-state index is 6.00. The molecule has 3 N–H and O–H groups in total. The van der Waals surface area contributed by atoms with Gasteiger partial charge in [-0.25, -0.2) is 4.98 Å². The highest BCUT2D eigenvalue weighted by Gasteiger charge is 2.37. The SMILES string of the molecule is Cc1csc(C(C)NCC2(N)CC2)n1. The first-order valence-electron chi connectivity index (χ1n) is 5.03. The van der Waals surface area contributed by atoms with Crippen molar-refractivity contribution in [2.75, 3.05) is 6.54 Å². The number of thiazole rings is 1. The van der Waals surface area contributed by atoms with Gasteiger partial charge in [-0.3, -0.25) is 0 Å². The van der Waals surface area contributed by atoms with Gasteiger partial charge in [-0.15, -0.1) is 11.3 Å². The highest BCUT2D eigenvalue weighted by Crippen LogP contribution is 2.31. The van der Waals surface area contributed by atoms with Crippen molar-refractivity contribution in [2.24, 2.45) is 5.73 Å². The zero-order valence-electron chi connectivity index (χ0n) is 8.71. The molecule has 3 nitrogen and oxygen atoms in total. The fourth-order valence-electron chi connectivity index (χ4n) is 1.35. The van der Waals surface area contributed by atoms with E-state index in [1.165, 1.54) is 0 Å². The quantitative estimate of drug-likeness (QED) is 0.795. The first kappa shape index (κ1) is 10.1. The fraction of sp³-hybridized carbons (Fsp3) is 0.700. The molecule has 1 atom stereocenters. The Morgan fingerprint density at radius 3 is 2.93 bits per heavy atom. The minimum absolute atomic E-state index is 0.0839. The van der Waals surface area contributed by atoms with Crippen LogP contribution in [0.25, 0.3) is 0 Å². The van der Waals surface area contributed by atoms with Gasteiger partial charge in [0.05, 0.1) is 6.04 Å². The van der Waals surface area contributed by atoms with Gasteiger partial charge in [0.2, 0.25) is 0 Å².